The Labute approximate surface area is 161 Å². The smallest absolute Gasteiger partial charge is 0.256 e. The van der Waals surface area contributed by atoms with Crippen LogP contribution in [0.5, 0.6) is 0 Å². The van der Waals surface area contributed by atoms with E-state index in [0.717, 1.165) is 53.8 Å². The predicted molar refractivity (Wildman–Crippen MR) is 103 cm³/mol. The van der Waals surface area contributed by atoms with Gasteiger partial charge in [0.2, 0.25) is 0 Å². The summed E-state index contributed by atoms with van der Waals surface area (Å²) in [5.41, 5.74) is 2.47. The maximum absolute atomic E-state index is 12.8. The molecule has 1 aliphatic rings. The molecule has 0 saturated heterocycles. The molecule has 0 aliphatic carbocycles. The van der Waals surface area contributed by atoms with Crippen molar-refractivity contribution in [2.45, 2.75) is 44.3 Å². The maximum Gasteiger partial charge on any atom is 0.256 e. The lowest BCUT2D eigenvalue weighted by Crippen LogP contribution is -2.32. The van der Waals surface area contributed by atoms with E-state index in [1.807, 2.05) is 23.1 Å². The third kappa shape index (κ3) is 3.51. The van der Waals surface area contributed by atoms with Crippen molar-refractivity contribution >= 4 is 11.8 Å². The van der Waals surface area contributed by atoms with Crippen LogP contribution in [0.15, 0.2) is 28.5 Å². The van der Waals surface area contributed by atoms with E-state index in [1.165, 1.54) is 0 Å². The third-order valence-electron chi connectivity index (χ3n) is 4.79. The molecule has 0 radical (unpaired) electrons. The predicted octanol–water partition coefficient (Wildman–Crippen LogP) is 1.81. The summed E-state index contributed by atoms with van der Waals surface area (Å²) >= 11 is 1.58. The maximum atomic E-state index is 12.8. The van der Waals surface area contributed by atoms with Gasteiger partial charge in [0.25, 0.3) is 5.56 Å². The first-order valence-corrected chi connectivity index (χ1v) is 10.0. The van der Waals surface area contributed by atoms with Crippen LogP contribution in [0.25, 0.3) is 11.5 Å². The van der Waals surface area contributed by atoms with Crippen LogP contribution in [-0.4, -0.2) is 40.0 Å². The second-order valence-corrected chi connectivity index (χ2v) is 7.62. The number of hydrogen-bond acceptors (Lipinski definition) is 7. The van der Waals surface area contributed by atoms with E-state index in [0.29, 0.717) is 17.9 Å². The average Bonchev–Trinajstić information content (AvgIpc) is 3.05. The van der Waals surface area contributed by atoms with Gasteiger partial charge in [0.1, 0.15) is 11.5 Å². The van der Waals surface area contributed by atoms with Gasteiger partial charge in [-0.25, -0.2) is 9.97 Å². The summed E-state index contributed by atoms with van der Waals surface area (Å²) in [6.07, 6.45) is 8.66. The Bertz CT molecular complexity index is 1010. The van der Waals surface area contributed by atoms with Gasteiger partial charge in [-0.3, -0.25) is 14.3 Å². The molecule has 1 aliphatic heterocycles. The lowest BCUT2D eigenvalue weighted by atomic mass is 10.1. The van der Waals surface area contributed by atoms with Crippen LogP contribution < -0.4 is 5.56 Å². The van der Waals surface area contributed by atoms with Crippen molar-refractivity contribution in [3.63, 3.8) is 0 Å². The molecular formula is C18H21N7OS. The van der Waals surface area contributed by atoms with Gasteiger partial charge in [-0.2, -0.15) is 0 Å². The van der Waals surface area contributed by atoms with Gasteiger partial charge >= 0.3 is 0 Å². The van der Waals surface area contributed by atoms with Crippen molar-refractivity contribution in [1.29, 1.82) is 0 Å². The fourth-order valence-corrected chi connectivity index (χ4v) is 4.21. The number of nitrogens with zero attached hydrogens (tertiary/aromatic N) is 7. The largest absolute Gasteiger partial charge is 0.304 e. The number of hydrogen-bond donors (Lipinski definition) is 0. The fraction of sp³-hybridized carbons (Fsp3) is 0.444. The molecule has 27 heavy (non-hydrogen) atoms. The summed E-state index contributed by atoms with van der Waals surface area (Å²) in [6.45, 7) is 2.72. The van der Waals surface area contributed by atoms with Gasteiger partial charge in [-0.05, 0) is 26.2 Å². The molecule has 0 saturated carbocycles. The molecule has 0 bridgehead atoms. The Morgan fingerprint density at radius 2 is 2.11 bits per heavy atom. The Morgan fingerprint density at radius 1 is 1.22 bits per heavy atom. The molecule has 0 amide bonds. The number of thioether (sulfide) groups is 1. The van der Waals surface area contributed by atoms with Gasteiger partial charge in [0.05, 0.1) is 6.20 Å². The Kier molecular flexibility index (Phi) is 5.02. The lowest BCUT2D eigenvalue weighted by molar-refractivity contribution is 0.490. The molecule has 9 heteroatoms. The van der Waals surface area contributed by atoms with Crippen LogP contribution in [0.2, 0.25) is 0 Å². The fourth-order valence-electron chi connectivity index (χ4n) is 3.34. The van der Waals surface area contributed by atoms with Gasteiger partial charge in [-0.15, -0.1) is 10.2 Å². The highest BCUT2D eigenvalue weighted by molar-refractivity contribution is 7.99. The summed E-state index contributed by atoms with van der Waals surface area (Å²) in [4.78, 5) is 25.8. The van der Waals surface area contributed by atoms with Crippen molar-refractivity contribution < 1.29 is 0 Å². The van der Waals surface area contributed by atoms with Crippen molar-refractivity contribution in [3.05, 3.63) is 46.0 Å². The van der Waals surface area contributed by atoms with Crippen LogP contribution in [0.1, 0.15) is 29.9 Å². The highest BCUT2D eigenvalue weighted by atomic mass is 32.2. The highest BCUT2D eigenvalue weighted by Gasteiger charge is 2.17. The minimum Gasteiger partial charge on any atom is -0.304 e. The van der Waals surface area contributed by atoms with Crippen LogP contribution >= 0.6 is 11.8 Å². The first-order chi connectivity index (χ1) is 13.1. The van der Waals surface area contributed by atoms with Crippen molar-refractivity contribution in [2.75, 3.05) is 5.75 Å². The SMILES string of the molecule is Cc1nc2n(c(=O)c1CCSc1nnc(-c3cnccn3)n1C)CCCC2. The van der Waals surface area contributed by atoms with E-state index >= 15 is 0 Å². The normalized spacial score (nSPS) is 13.6. The van der Waals surface area contributed by atoms with Crippen LogP contribution in [0.3, 0.4) is 0 Å². The number of fused-ring (bicyclic) bond motifs is 1. The van der Waals surface area contributed by atoms with E-state index in [-0.39, 0.29) is 5.56 Å². The zero-order valence-electron chi connectivity index (χ0n) is 15.4. The third-order valence-corrected chi connectivity index (χ3v) is 5.81. The van der Waals surface area contributed by atoms with Gasteiger partial charge < -0.3 is 4.57 Å². The van der Waals surface area contributed by atoms with E-state index in [1.54, 1.807) is 30.4 Å². The molecule has 0 spiro atoms. The number of aromatic nitrogens is 7. The standard InChI is InChI=1S/C18H21N7OS/c1-12-13(17(26)25-9-4-3-5-15(25)21-12)6-10-27-18-23-22-16(24(18)2)14-11-19-7-8-20-14/h7-8,11H,3-6,9-10H2,1-2H3. The second kappa shape index (κ2) is 7.59. The topological polar surface area (TPSA) is 91.4 Å². The summed E-state index contributed by atoms with van der Waals surface area (Å²) in [5.74, 6) is 2.35. The Morgan fingerprint density at radius 3 is 2.93 bits per heavy atom. The van der Waals surface area contributed by atoms with Crippen molar-refractivity contribution in [1.82, 2.24) is 34.3 Å². The summed E-state index contributed by atoms with van der Waals surface area (Å²) in [6, 6.07) is 0. The number of rotatable bonds is 5. The first kappa shape index (κ1) is 17.8. The highest BCUT2D eigenvalue weighted by Crippen LogP contribution is 2.22. The van der Waals surface area contributed by atoms with E-state index < -0.39 is 0 Å². The van der Waals surface area contributed by atoms with E-state index in [4.69, 9.17) is 0 Å². The van der Waals surface area contributed by atoms with Crippen LogP contribution in [0.4, 0.5) is 0 Å². The second-order valence-electron chi connectivity index (χ2n) is 6.56. The molecular weight excluding hydrogens is 362 g/mol. The van der Waals surface area contributed by atoms with Crippen LogP contribution in [0, 0.1) is 6.92 Å². The molecule has 0 N–H and O–H groups in total. The van der Waals surface area contributed by atoms with Gasteiger partial charge in [0.15, 0.2) is 11.0 Å². The summed E-state index contributed by atoms with van der Waals surface area (Å²) < 4.78 is 3.75. The Hall–Kier alpha value is -2.55. The molecule has 0 aromatic carbocycles. The Balaban J connectivity index is 1.48. The minimum atomic E-state index is 0.121. The monoisotopic (exact) mass is 383 g/mol. The number of aryl methyl sites for hydroxylation is 2. The summed E-state index contributed by atoms with van der Waals surface area (Å²) in [7, 11) is 1.91. The van der Waals surface area contributed by atoms with E-state index in [2.05, 4.69) is 25.1 Å². The van der Waals surface area contributed by atoms with Crippen molar-refractivity contribution in [2.24, 2.45) is 7.05 Å². The molecule has 3 aromatic heterocycles. The van der Waals surface area contributed by atoms with Gasteiger partial charge in [0, 0.05) is 49.4 Å². The quantitative estimate of drug-likeness (QED) is 0.621. The molecule has 140 valence electrons. The van der Waals surface area contributed by atoms with Gasteiger partial charge in [-0.1, -0.05) is 11.8 Å². The molecule has 8 nitrogen and oxygen atoms in total. The average molecular weight is 383 g/mol. The zero-order valence-corrected chi connectivity index (χ0v) is 16.2. The molecule has 4 rings (SSSR count). The minimum absolute atomic E-state index is 0.121. The van der Waals surface area contributed by atoms with Crippen LogP contribution in [-0.2, 0) is 26.4 Å². The zero-order chi connectivity index (χ0) is 18.8. The molecule has 3 aromatic rings. The van der Waals surface area contributed by atoms with E-state index in [9.17, 15) is 4.79 Å². The lowest BCUT2D eigenvalue weighted by Gasteiger charge is -2.19. The molecule has 4 heterocycles. The molecule has 0 atom stereocenters. The molecule has 0 unspecified atom stereocenters. The first-order valence-electron chi connectivity index (χ1n) is 9.03. The van der Waals surface area contributed by atoms with Crippen molar-refractivity contribution in [3.8, 4) is 11.5 Å². The molecule has 0 fully saturated rings. The summed E-state index contributed by atoms with van der Waals surface area (Å²) in [5, 5.41) is 9.25.